The zero-order valence-electron chi connectivity index (χ0n) is 12.7. The maximum absolute atomic E-state index is 14.2. The van der Waals surface area contributed by atoms with Gasteiger partial charge in [0.2, 0.25) is 5.91 Å². The summed E-state index contributed by atoms with van der Waals surface area (Å²) in [5, 5.41) is 3.30. The molecule has 1 aliphatic rings. The third-order valence-corrected chi connectivity index (χ3v) is 3.83. The van der Waals surface area contributed by atoms with Crippen LogP contribution >= 0.6 is 0 Å². The maximum Gasteiger partial charge on any atom is 0.222 e. The van der Waals surface area contributed by atoms with Gasteiger partial charge >= 0.3 is 0 Å². The molecule has 5 heteroatoms. The number of halogens is 1. The summed E-state index contributed by atoms with van der Waals surface area (Å²) in [5.74, 6) is -0.127. The van der Waals surface area contributed by atoms with Crippen molar-refractivity contribution in [3.05, 3.63) is 29.6 Å². The maximum atomic E-state index is 14.2. The Morgan fingerprint density at radius 2 is 2.29 bits per heavy atom. The van der Waals surface area contributed by atoms with Crippen LogP contribution in [0.5, 0.6) is 0 Å². The normalized spacial score (nSPS) is 18.5. The van der Waals surface area contributed by atoms with Crippen LogP contribution in [0, 0.1) is 17.7 Å². The Kier molecular flexibility index (Phi) is 5.17. The molecule has 0 bridgehead atoms. The molecule has 2 rings (SSSR count). The minimum Gasteiger partial charge on any atom is -0.369 e. The highest BCUT2D eigenvalue weighted by Gasteiger charge is 2.28. The lowest BCUT2D eigenvalue weighted by Gasteiger charge is -2.19. The highest BCUT2D eigenvalue weighted by atomic mass is 19.1. The fourth-order valence-corrected chi connectivity index (χ4v) is 2.63. The van der Waals surface area contributed by atoms with Crippen molar-refractivity contribution in [2.45, 2.75) is 26.8 Å². The lowest BCUT2D eigenvalue weighted by molar-refractivity contribution is -0.121. The van der Waals surface area contributed by atoms with Gasteiger partial charge in [-0.15, -0.1) is 0 Å². The fraction of sp³-hybridized carbons (Fsp3) is 0.562. The quantitative estimate of drug-likeness (QED) is 0.842. The molecule has 3 N–H and O–H groups in total. The fourth-order valence-electron chi connectivity index (χ4n) is 2.63. The van der Waals surface area contributed by atoms with Crippen LogP contribution in [0.4, 0.5) is 10.1 Å². The Balaban J connectivity index is 1.98. The number of anilines is 1. The zero-order valence-corrected chi connectivity index (χ0v) is 12.7. The predicted molar refractivity (Wildman–Crippen MR) is 82.5 cm³/mol. The van der Waals surface area contributed by atoms with Crippen molar-refractivity contribution < 1.29 is 9.18 Å². The molecule has 1 unspecified atom stereocenters. The summed E-state index contributed by atoms with van der Waals surface area (Å²) in [5.41, 5.74) is 6.81. The molecule has 1 aliphatic heterocycles. The molecule has 1 saturated heterocycles. The van der Waals surface area contributed by atoms with Crippen LogP contribution in [0.3, 0.4) is 0 Å². The Morgan fingerprint density at radius 1 is 1.52 bits per heavy atom. The molecule has 4 nitrogen and oxygen atoms in total. The van der Waals surface area contributed by atoms with E-state index in [0.717, 1.165) is 12.1 Å². The Morgan fingerprint density at radius 3 is 2.86 bits per heavy atom. The molecule has 1 aromatic rings. The van der Waals surface area contributed by atoms with Crippen LogP contribution in [0.25, 0.3) is 0 Å². The molecule has 0 spiro atoms. The van der Waals surface area contributed by atoms with E-state index in [1.807, 2.05) is 11.0 Å². The second-order valence-corrected chi connectivity index (χ2v) is 6.14. The van der Waals surface area contributed by atoms with Crippen LogP contribution in [-0.4, -0.2) is 25.5 Å². The smallest absolute Gasteiger partial charge is 0.222 e. The van der Waals surface area contributed by atoms with Gasteiger partial charge in [0.1, 0.15) is 5.82 Å². The largest absolute Gasteiger partial charge is 0.369 e. The molecule has 0 saturated carbocycles. The minimum absolute atomic E-state index is 0.170. The molecule has 1 fully saturated rings. The van der Waals surface area contributed by atoms with Crippen molar-refractivity contribution >= 4 is 11.6 Å². The third-order valence-electron chi connectivity index (χ3n) is 3.83. The SMILES string of the molecule is CC(C)CNCc1ccc(N2CCC(C(N)=O)C2)c(F)c1. The monoisotopic (exact) mass is 293 g/mol. The van der Waals surface area contributed by atoms with Gasteiger partial charge in [0.15, 0.2) is 0 Å². The van der Waals surface area contributed by atoms with Gasteiger partial charge in [-0.3, -0.25) is 4.79 Å². The molecule has 0 aromatic heterocycles. The van der Waals surface area contributed by atoms with E-state index in [0.29, 0.717) is 37.7 Å². The Hall–Kier alpha value is -1.62. The number of hydrogen-bond donors (Lipinski definition) is 2. The van der Waals surface area contributed by atoms with E-state index < -0.39 is 0 Å². The highest BCUT2D eigenvalue weighted by molar-refractivity contribution is 5.78. The number of rotatable bonds is 6. The minimum atomic E-state index is -0.299. The van der Waals surface area contributed by atoms with Crippen molar-refractivity contribution in [2.24, 2.45) is 17.6 Å². The number of nitrogens with zero attached hydrogens (tertiary/aromatic N) is 1. The second-order valence-electron chi connectivity index (χ2n) is 6.14. The summed E-state index contributed by atoms with van der Waals surface area (Å²) in [4.78, 5) is 13.1. The molecule has 0 aliphatic carbocycles. The molecule has 1 heterocycles. The van der Waals surface area contributed by atoms with E-state index in [9.17, 15) is 9.18 Å². The van der Waals surface area contributed by atoms with E-state index in [2.05, 4.69) is 19.2 Å². The molecule has 1 aromatic carbocycles. The Labute approximate surface area is 125 Å². The average Bonchev–Trinajstić information content (AvgIpc) is 2.88. The number of amides is 1. The van der Waals surface area contributed by atoms with Crippen LogP contribution in [0.2, 0.25) is 0 Å². The van der Waals surface area contributed by atoms with Crippen LogP contribution in [0.15, 0.2) is 18.2 Å². The first-order valence-corrected chi connectivity index (χ1v) is 7.50. The first kappa shape index (κ1) is 15.8. The second kappa shape index (κ2) is 6.89. The van der Waals surface area contributed by atoms with Crippen molar-refractivity contribution in [3.63, 3.8) is 0 Å². The summed E-state index contributed by atoms with van der Waals surface area (Å²) in [6, 6.07) is 5.30. The summed E-state index contributed by atoms with van der Waals surface area (Å²) in [7, 11) is 0. The molecular formula is C16H24FN3O. The summed E-state index contributed by atoms with van der Waals surface area (Å²) < 4.78 is 14.2. The van der Waals surface area contributed by atoms with E-state index in [1.54, 1.807) is 12.1 Å². The number of primary amides is 1. The van der Waals surface area contributed by atoms with Crippen LogP contribution in [0.1, 0.15) is 25.8 Å². The number of nitrogens with one attached hydrogen (secondary N) is 1. The molecule has 1 amide bonds. The summed E-state index contributed by atoms with van der Waals surface area (Å²) in [6.45, 7) is 7.04. The number of nitrogens with two attached hydrogens (primary N) is 1. The molecule has 1 atom stereocenters. The average molecular weight is 293 g/mol. The predicted octanol–water partition coefficient (Wildman–Crippen LogP) is 1.88. The molecule has 0 radical (unpaired) electrons. The van der Waals surface area contributed by atoms with E-state index in [1.165, 1.54) is 0 Å². The number of benzene rings is 1. The van der Waals surface area contributed by atoms with Crippen LogP contribution < -0.4 is 16.0 Å². The van der Waals surface area contributed by atoms with Gasteiger partial charge in [-0.25, -0.2) is 4.39 Å². The van der Waals surface area contributed by atoms with Gasteiger partial charge in [0, 0.05) is 19.6 Å². The van der Waals surface area contributed by atoms with Gasteiger partial charge in [0.05, 0.1) is 11.6 Å². The summed E-state index contributed by atoms with van der Waals surface area (Å²) in [6.07, 6.45) is 0.701. The van der Waals surface area contributed by atoms with Crippen LogP contribution in [-0.2, 0) is 11.3 Å². The van der Waals surface area contributed by atoms with Crippen molar-refractivity contribution in [2.75, 3.05) is 24.5 Å². The molecular weight excluding hydrogens is 269 g/mol. The van der Waals surface area contributed by atoms with Crippen molar-refractivity contribution in [3.8, 4) is 0 Å². The Bertz CT molecular complexity index is 504. The number of carbonyl (C=O) groups is 1. The topological polar surface area (TPSA) is 58.4 Å². The lowest BCUT2D eigenvalue weighted by Crippen LogP contribution is -2.27. The van der Waals surface area contributed by atoms with Crippen molar-refractivity contribution in [1.29, 1.82) is 0 Å². The zero-order chi connectivity index (χ0) is 15.4. The molecule has 21 heavy (non-hydrogen) atoms. The van der Waals surface area contributed by atoms with Gasteiger partial charge in [-0.2, -0.15) is 0 Å². The van der Waals surface area contributed by atoms with E-state index in [-0.39, 0.29) is 17.6 Å². The standard InChI is InChI=1S/C16H24FN3O/c1-11(2)8-19-9-12-3-4-15(14(17)7-12)20-6-5-13(10-20)16(18)21/h3-4,7,11,13,19H,5-6,8-10H2,1-2H3,(H2,18,21). The highest BCUT2D eigenvalue weighted by Crippen LogP contribution is 2.26. The van der Waals surface area contributed by atoms with Gasteiger partial charge in [-0.05, 0) is 36.6 Å². The number of carbonyl (C=O) groups excluding carboxylic acids is 1. The van der Waals surface area contributed by atoms with E-state index >= 15 is 0 Å². The number of hydrogen-bond acceptors (Lipinski definition) is 3. The molecule has 116 valence electrons. The van der Waals surface area contributed by atoms with Crippen molar-refractivity contribution in [1.82, 2.24) is 5.32 Å². The van der Waals surface area contributed by atoms with Gasteiger partial charge in [0.25, 0.3) is 0 Å². The first-order valence-electron chi connectivity index (χ1n) is 7.50. The third kappa shape index (κ3) is 4.17. The summed E-state index contributed by atoms with van der Waals surface area (Å²) >= 11 is 0. The van der Waals surface area contributed by atoms with Gasteiger partial charge in [-0.1, -0.05) is 19.9 Å². The first-order chi connectivity index (χ1) is 9.97. The van der Waals surface area contributed by atoms with Gasteiger partial charge < -0.3 is 16.0 Å². The van der Waals surface area contributed by atoms with E-state index in [4.69, 9.17) is 5.73 Å². The lowest BCUT2D eigenvalue weighted by atomic mass is 10.1.